The summed E-state index contributed by atoms with van der Waals surface area (Å²) in [4.78, 5) is 0. The van der Waals surface area contributed by atoms with Crippen molar-refractivity contribution in [1.82, 2.24) is 0 Å². The summed E-state index contributed by atoms with van der Waals surface area (Å²) in [7, 11) is 0. The fourth-order valence-corrected chi connectivity index (χ4v) is 1.48. The minimum atomic E-state index is -0.278. The van der Waals surface area contributed by atoms with E-state index in [0.29, 0.717) is 10.9 Å². The number of nitrogens with two attached hydrogens (primary N) is 1. The molecule has 3 heteroatoms. The zero-order chi connectivity index (χ0) is 10.7. The highest BCUT2D eigenvalue weighted by atomic mass is 79.9. The zero-order valence-electron chi connectivity index (χ0n) is 8.06. The molecule has 0 saturated heterocycles. The second-order valence-corrected chi connectivity index (χ2v) is 4.30. The maximum Gasteiger partial charge on any atom is 0.137 e. The highest BCUT2D eigenvalue weighted by molar-refractivity contribution is 9.10. The summed E-state index contributed by atoms with van der Waals surface area (Å²) in [5.74, 6) is -0.278. The largest absolute Gasteiger partial charge is 0.324 e. The lowest BCUT2D eigenvalue weighted by molar-refractivity contribution is 0.612. The lowest BCUT2D eigenvalue weighted by atomic mass is 10.0. The van der Waals surface area contributed by atoms with Gasteiger partial charge in [-0.2, -0.15) is 0 Å². The van der Waals surface area contributed by atoms with E-state index in [1.165, 1.54) is 6.07 Å². The van der Waals surface area contributed by atoms with Gasteiger partial charge in [0.25, 0.3) is 0 Å². The summed E-state index contributed by atoms with van der Waals surface area (Å²) in [5, 5.41) is 0. The monoisotopic (exact) mass is 257 g/mol. The summed E-state index contributed by atoms with van der Waals surface area (Å²) in [6, 6.07) is 4.77. The minimum absolute atomic E-state index is 0.171. The highest BCUT2D eigenvalue weighted by Crippen LogP contribution is 2.22. The van der Waals surface area contributed by atoms with E-state index in [0.717, 1.165) is 11.1 Å². The van der Waals surface area contributed by atoms with Gasteiger partial charge < -0.3 is 5.73 Å². The second-order valence-electron chi connectivity index (χ2n) is 3.44. The first-order valence-corrected chi connectivity index (χ1v) is 5.15. The SMILES string of the molecule is C=C(C)C[C@@H](N)c1ccc(Br)c(F)c1. The summed E-state index contributed by atoms with van der Waals surface area (Å²) >= 11 is 3.10. The summed E-state index contributed by atoms with van der Waals surface area (Å²) in [6.45, 7) is 5.69. The van der Waals surface area contributed by atoms with Crippen molar-refractivity contribution in [3.05, 3.63) is 46.2 Å². The molecular formula is C11H13BrFN. The molecular weight excluding hydrogens is 245 g/mol. The Hall–Kier alpha value is -0.670. The smallest absolute Gasteiger partial charge is 0.137 e. The molecule has 0 saturated carbocycles. The molecule has 0 aromatic heterocycles. The topological polar surface area (TPSA) is 26.0 Å². The Bertz CT molecular complexity index is 349. The third-order valence-electron chi connectivity index (χ3n) is 1.94. The van der Waals surface area contributed by atoms with Crippen LogP contribution in [0.3, 0.4) is 0 Å². The molecule has 0 bridgehead atoms. The molecule has 1 nitrogen and oxygen atoms in total. The Morgan fingerprint density at radius 1 is 1.64 bits per heavy atom. The van der Waals surface area contributed by atoms with Crippen molar-refractivity contribution >= 4 is 15.9 Å². The van der Waals surface area contributed by atoms with Crippen molar-refractivity contribution in [1.29, 1.82) is 0 Å². The van der Waals surface area contributed by atoms with Crippen molar-refractivity contribution in [2.24, 2.45) is 5.73 Å². The van der Waals surface area contributed by atoms with Crippen molar-refractivity contribution in [2.45, 2.75) is 19.4 Å². The number of halogens is 2. The quantitative estimate of drug-likeness (QED) is 0.824. The molecule has 0 radical (unpaired) electrons. The Labute approximate surface area is 91.9 Å². The third kappa shape index (κ3) is 2.93. The molecule has 0 aliphatic rings. The first-order valence-electron chi connectivity index (χ1n) is 4.35. The van der Waals surface area contributed by atoms with Crippen LogP contribution in [0.15, 0.2) is 34.8 Å². The molecule has 0 aliphatic heterocycles. The van der Waals surface area contributed by atoms with Gasteiger partial charge in [0.2, 0.25) is 0 Å². The van der Waals surface area contributed by atoms with E-state index >= 15 is 0 Å². The van der Waals surface area contributed by atoms with Crippen molar-refractivity contribution < 1.29 is 4.39 Å². The normalized spacial score (nSPS) is 12.6. The van der Waals surface area contributed by atoms with Crippen LogP contribution in [0.1, 0.15) is 24.9 Å². The number of benzene rings is 1. The minimum Gasteiger partial charge on any atom is -0.324 e. The van der Waals surface area contributed by atoms with E-state index in [-0.39, 0.29) is 11.9 Å². The molecule has 76 valence electrons. The molecule has 1 rings (SSSR count). The van der Waals surface area contributed by atoms with Crippen LogP contribution >= 0.6 is 15.9 Å². The fourth-order valence-electron chi connectivity index (χ4n) is 1.24. The Morgan fingerprint density at radius 3 is 2.79 bits per heavy atom. The number of rotatable bonds is 3. The van der Waals surface area contributed by atoms with Crippen LogP contribution in [0.2, 0.25) is 0 Å². The molecule has 14 heavy (non-hydrogen) atoms. The molecule has 1 atom stereocenters. The van der Waals surface area contributed by atoms with Crippen molar-refractivity contribution in [3.63, 3.8) is 0 Å². The average molecular weight is 258 g/mol. The van der Waals surface area contributed by atoms with Crippen molar-refractivity contribution in [2.75, 3.05) is 0 Å². The maximum absolute atomic E-state index is 13.2. The second kappa shape index (κ2) is 4.71. The zero-order valence-corrected chi connectivity index (χ0v) is 9.64. The van der Waals surface area contributed by atoms with Gasteiger partial charge in [0.15, 0.2) is 0 Å². The predicted octanol–water partition coefficient (Wildman–Crippen LogP) is 3.55. The van der Waals surface area contributed by atoms with Crippen LogP contribution < -0.4 is 5.73 Å². The van der Waals surface area contributed by atoms with Crippen LogP contribution in [0.25, 0.3) is 0 Å². The molecule has 0 unspecified atom stereocenters. The highest BCUT2D eigenvalue weighted by Gasteiger charge is 2.08. The van der Waals surface area contributed by atoms with Crippen LogP contribution in [0.5, 0.6) is 0 Å². The van der Waals surface area contributed by atoms with E-state index in [1.54, 1.807) is 6.07 Å². The van der Waals surface area contributed by atoms with Crippen LogP contribution in [-0.4, -0.2) is 0 Å². The summed E-state index contributed by atoms with van der Waals surface area (Å²) < 4.78 is 13.6. The fraction of sp³-hybridized carbons (Fsp3) is 0.273. The summed E-state index contributed by atoms with van der Waals surface area (Å²) in [5.41, 5.74) is 7.67. The first-order chi connectivity index (χ1) is 6.50. The van der Waals surface area contributed by atoms with Gasteiger partial charge in [-0.3, -0.25) is 0 Å². The predicted molar refractivity (Wildman–Crippen MR) is 60.5 cm³/mol. The van der Waals surface area contributed by atoms with Gasteiger partial charge in [-0.1, -0.05) is 11.6 Å². The van der Waals surface area contributed by atoms with Gasteiger partial charge in [-0.15, -0.1) is 6.58 Å². The molecule has 0 spiro atoms. The van der Waals surface area contributed by atoms with E-state index in [2.05, 4.69) is 22.5 Å². The lowest BCUT2D eigenvalue weighted by Crippen LogP contribution is -2.10. The molecule has 1 aromatic carbocycles. The van der Waals surface area contributed by atoms with Crippen LogP contribution in [-0.2, 0) is 0 Å². The lowest BCUT2D eigenvalue weighted by Gasteiger charge is -2.12. The Kier molecular flexibility index (Phi) is 3.84. The van der Waals surface area contributed by atoms with Gasteiger partial charge in [0.1, 0.15) is 5.82 Å². The van der Waals surface area contributed by atoms with E-state index in [4.69, 9.17) is 5.73 Å². The van der Waals surface area contributed by atoms with Gasteiger partial charge in [-0.05, 0) is 47.0 Å². The number of hydrogen-bond donors (Lipinski definition) is 1. The van der Waals surface area contributed by atoms with Gasteiger partial charge in [0, 0.05) is 6.04 Å². The average Bonchev–Trinajstić information content (AvgIpc) is 2.08. The standard InChI is InChI=1S/C11H13BrFN/c1-7(2)5-11(14)8-3-4-9(12)10(13)6-8/h3-4,6,11H,1,5,14H2,2H3/t11-/m1/s1. The van der Waals surface area contributed by atoms with Gasteiger partial charge in [0.05, 0.1) is 4.47 Å². The van der Waals surface area contributed by atoms with E-state index in [9.17, 15) is 4.39 Å². The molecule has 1 aromatic rings. The Morgan fingerprint density at radius 2 is 2.29 bits per heavy atom. The third-order valence-corrected chi connectivity index (χ3v) is 2.58. The van der Waals surface area contributed by atoms with Gasteiger partial charge >= 0.3 is 0 Å². The molecule has 0 fully saturated rings. The van der Waals surface area contributed by atoms with E-state index < -0.39 is 0 Å². The summed E-state index contributed by atoms with van der Waals surface area (Å²) in [6.07, 6.45) is 0.682. The first kappa shape index (κ1) is 11.4. The van der Waals surface area contributed by atoms with E-state index in [1.807, 2.05) is 13.0 Å². The Balaban J connectivity index is 2.85. The van der Waals surface area contributed by atoms with Crippen LogP contribution in [0, 0.1) is 5.82 Å². The molecule has 2 N–H and O–H groups in total. The molecule has 0 amide bonds. The van der Waals surface area contributed by atoms with Gasteiger partial charge in [-0.25, -0.2) is 4.39 Å². The maximum atomic E-state index is 13.2. The number of hydrogen-bond acceptors (Lipinski definition) is 1. The molecule has 0 heterocycles. The van der Waals surface area contributed by atoms with Crippen LogP contribution in [0.4, 0.5) is 4.39 Å². The molecule has 0 aliphatic carbocycles. The van der Waals surface area contributed by atoms with Crippen molar-refractivity contribution in [3.8, 4) is 0 Å².